The molecule has 3 aromatic rings. The van der Waals surface area contributed by atoms with E-state index < -0.39 is 29.1 Å². The van der Waals surface area contributed by atoms with Gasteiger partial charge in [-0.15, -0.1) is 5.10 Å². The van der Waals surface area contributed by atoms with Gasteiger partial charge in [-0.2, -0.15) is 5.10 Å². The number of carbonyl (C=O) groups is 1. The molecule has 0 unspecified atom stereocenters. The van der Waals surface area contributed by atoms with E-state index in [9.17, 15) is 18.7 Å². The number of hydrogen-bond acceptors (Lipinski definition) is 6. The Morgan fingerprint density at radius 3 is 2.68 bits per heavy atom. The van der Waals surface area contributed by atoms with E-state index >= 15 is 0 Å². The number of hydrogen-bond donors (Lipinski definition) is 2. The molecule has 2 aromatic heterocycles. The van der Waals surface area contributed by atoms with Gasteiger partial charge in [-0.3, -0.25) is 9.78 Å². The summed E-state index contributed by atoms with van der Waals surface area (Å²) in [6.45, 7) is 5.93. The van der Waals surface area contributed by atoms with Gasteiger partial charge in [0, 0.05) is 12.7 Å². The first kappa shape index (κ1) is 22.5. The lowest BCUT2D eigenvalue weighted by Crippen LogP contribution is -2.39. The number of benzene rings is 1. The first-order valence-corrected chi connectivity index (χ1v) is 11.3. The second kappa shape index (κ2) is 7.87. The number of rotatable bonds is 5. The van der Waals surface area contributed by atoms with Gasteiger partial charge < -0.3 is 10.4 Å². The number of fused-ring (bicyclic) bond motifs is 5. The topological polar surface area (TPSA) is 101 Å². The Balaban J connectivity index is 1.61. The van der Waals surface area contributed by atoms with E-state index in [2.05, 4.69) is 39.3 Å². The number of nitrogens with zero attached hydrogens (tertiary/aromatic N) is 4. The fraction of sp³-hybridized carbons (Fsp3) is 0.400. The molecule has 5 rings (SSSR count). The van der Waals surface area contributed by atoms with Crippen LogP contribution in [0.3, 0.4) is 0 Å². The summed E-state index contributed by atoms with van der Waals surface area (Å²) in [4.78, 5) is 21.5. The van der Waals surface area contributed by atoms with Crippen molar-refractivity contribution in [3.8, 4) is 11.3 Å². The molecule has 7 nitrogen and oxygen atoms in total. The molecule has 2 N–H and O–H groups in total. The zero-order valence-corrected chi connectivity index (χ0v) is 19.1. The molecule has 0 spiro atoms. The van der Waals surface area contributed by atoms with Crippen LogP contribution in [-0.2, 0) is 5.41 Å². The molecule has 2 heterocycles. The molecule has 34 heavy (non-hydrogen) atoms. The molecular weight excluding hydrogens is 440 g/mol. The second-order valence-electron chi connectivity index (χ2n) is 9.70. The van der Waals surface area contributed by atoms with E-state index in [1.807, 2.05) is 0 Å². The molecular formula is C25H25F2N5O2. The van der Waals surface area contributed by atoms with Gasteiger partial charge in [0.2, 0.25) is 0 Å². The van der Waals surface area contributed by atoms with Crippen LogP contribution < -0.4 is 5.32 Å². The Labute approximate surface area is 195 Å². The highest BCUT2D eigenvalue weighted by atomic mass is 19.1. The van der Waals surface area contributed by atoms with Crippen LogP contribution >= 0.6 is 0 Å². The average molecular weight is 466 g/mol. The van der Waals surface area contributed by atoms with E-state index in [0.29, 0.717) is 11.4 Å². The van der Waals surface area contributed by atoms with Crippen molar-refractivity contribution in [1.29, 1.82) is 0 Å². The monoisotopic (exact) mass is 465 g/mol. The lowest BCUT2D eigenvalue weighted by atomic mass is 9.66. The summed E-state index contributed by atoms with van der Waals surface area (Å²) in [5.41, 5.74) is 1.37. The fourth-order valence-electron chi connectivity index (χ4n) is 5.77. The first-order chi connectivity index (χ1) is 16.2. The predicted octanol–water partition coefficient (Wildman–Crippen LogP) is 3.53. The van der Waals surface area contributed by atoms with Crippen LogP contribution in [0.5, 0.6) is 0 Å². The minimum Gasteiger partial charge on any atom is -0.392 e. The third-order valence-electron chi connectivity index (χ3n) is 7.46. The molecule has 2 aliphatic carbocycles. The molecule has 9 heteroatoms. The van der Waals surface area contributed by atoms with Gasteiger partial charge in [0.05, 0.1) is 40.4 Å². The number of carbonyl (C=O) groups excluding carboxylic acids is 1. The summed E-state index contributed by atoms with van der Waals surface area (Å²) in [6, 6.07) is 5.46. The largest absolute Gasteiger partial charge is 0.392 e. The maximum atomic E-state index is 14.4. The summed E-state index contributed by atoms with van der Waals surface area (Å²) in [7, 11) is 0. The Hall–Kier alpha value is -3.33. The Morgan fingerprint density at radius 1 is 1.24 bits per heavy atom. The van der Waals surface area contributed by atoms with Crippen LogP contribution in [0.4, 0.5) is 8.78 Å². The number of aromatic nitrogens is 4. The van der Waals surface area contributed by atoms with Crippen molar-refractivity contribution in [3.63, 3.8) is 0 Å². The van der Waals surface area contributed by atoms with Crippen molar-refractivity contribution >= 4 is 5.91 Å². The van der Waals surface area contributed by atoms with Crippen LogP contribution in [0.15, 0.2) is 36.7 Å². The van der Waals surface area contributed by atoms with E-state index in [-0.39, 0.29) is 34.8 Å². The number of halogens is 2. The van der Waals surface area contributed by atoms with Crippen molar-refractivity contribution < 1.29 is 18.7 Å². The summed E-state index contributed by atoms with van der Waals surface area (Å²) in [5, 5.41) is 20.8. The third-order valence-corrected chi connectivity index (χ3v) is 7.46. The minimum atomic E-state index is -0.687. The van der Waals surface area contributed by atoms with Gasteiger partial charge in [-0.1, -0.05) is 19.9 Å². The smallest absolute Gasteiger partial charge is 0.271 e. The highest BCUT2D eigenvalue weighted by molar-refractivity contribution is 5.92. The number of amides is 1. The van der Waals surface area contributed by atoms with E-state index in [1.54, 1.807) is 19.2 Å². The average Bonchev–Trinajstić information content (AvgIpc) is 3.18. The molecule has 176 valence electrons. The second-order valence-corrected chi connectivity index (χ2v) is 9.70. The number of nitrogens with one attached hydrogen (secondary N) is 1. The van der Waals surface area contributed by atoms with Crippen LogP contribution in [0.1, 0.15) is 67.0 Å². The minimum absolute atomic E-state index is 0.0844. The van der Waals surface area contributed by atoms with Crippen LogP contribution in [0, 0.1) is 17.0 Å². The standard InChI is InChI=1S/C25H25F2N5O2/c1-13(33)10-29-23(34)19-11-28-12-20(30-19)25-8-7-15(24(25,2)3)14-9-18(31-32-22(14)25)21-16(26)5-4-6-17(21)27/h4-6,9,11-13,15,33H,7-8,10H2,1-3H3,(H,29,34)/t13-,15-,25+/m0/s1. The molecule has 0 aliphatic heterocycles. The molecule has 0 radical (unpaired) electrons. The van der Waals surface area contributed by atoms with Gasteiger partial charge in [0.25, 0.3) is 5.91 Å². The third kappa shape index (κ3) is 3.14. The molecule has 1 fully saturated rings. The van der Waals surface area contributed by atoms with E-state index in [0.717, 1.165) is 18.4 Å². The van der Waals surface area contributed by atoms with E-state index in [1.165, 1.54) is 24.4 Å². The Morgan fingerprint density at radius 2 is 1.97 bits per heavy atom. The summed E-state index contributed by atoms with van der Waals surface area (Å²) in [5.74, 6) is -1.71. The SMILES string of the molecule is C[C@H](O)CNC(=O)c1cncc([C@]23CC[C@@H](c4cc(-c5c(F)cccc5F)nnc42)C3(C)C)n1. The van der Waals surface area contributed by atoms with Crippen molar-refractivity contribution in [2.24, 2.45) is 5.41 Å². The maximum absolute atomic E-state index is 14.4. The van der Waals surface area contributed by atoms with Crippen LogP contribution in [0.25, 0.3) is 11.3 Å². The van der Waals surface area contributed by atoms with Gasteiger partial charge in [-0.05, 0) is 54.9 Å². The van der Waals surface area contributed by atoms with Crippen molar-refractivity contribution in [1.82, 2.24) is 25.5 Å². The quantitative estimate of drug-likeness (QED) is 0.598. The number of aliphatic hydroxyl groups is 1. The summed E-state index contributed by atoms with van der Waals surface area (Å²) >= 11 is 0. The summed E-state index contributed by atoms with van der Waals surface area (Å²) in [6.07, 6.45) is 3.94. The molecule has 1 aromatic carbocycles. The number of aliphatic hydroxyl groups excluding tert-OH is 1. The van der Waals surface area contributed by atoms with Crippen LogP contribution in [-0.4, -0.2) is 43.8 Å². The highest BCUT2D eigenvalue weighted by Crippen LogP contribution is 2.69. The first-order valence-electron chi connectivity index (χ1n) is 11.3. The van der Waals surface area contributed by atoms with Crippen molar-refractivity contribution in [2.45, 2.75) is 51.0 Å². The van der Waals surface area contributed by atoms with Gasteiger partial charge in [-0.25, -0.2) is 13.8 Å². The molecule has 0 saturated heterocycles. The molecule has 3 atom stereocenters. The van der Waals surface area contributed by atoms with Crippen molar-refractivity contribution in [3.05, 3.63) is 70.9 Å². The van der Waals surface area contributed by atoms with Crippen molar-refractivity contribution in [2.75, 3.05) is 6.54 Å². The van der Waals surface area contributed by atoms with Gasteiger partial charge in [0.15, 0.2) is 0 Å². The van der Waals surface area contributed by atoms with Gasteiger partial charge >= 0.3 is 0 Å². The molecule has 2 aliphatic rings. The predicted molar refractivity (Wildman–Crippen MR) is 120 cm³/mol. The zero-order valence-electron chi connectivity index (χ0n) is 19.1. The maximum Gasteiger partial charge on any atom is 0.271 e. The Kier molecular flexibility index (Phi) is 5.20. The normalized spacial score (nSPS) is 22.9. The lowest BCUT2D eigenvalue weighted by molar-refractivity contribution is 0.0917. The summed E-state index contributed by atoms with van der Waals surface area (Å²) < 4.78 is 28.8. The fourth-order valence-corrected chi connectivity index (χ4v) is 5.77. The van der Waals surface area contributed by atoms with Crippen LogP contribution in [0.2, 0.25) is 0 Å². The zero-order chi connectivity index (χ0) is 24.3. The van der Waals surface area contributed by atoms with E-state index in [4.69, 9.17) is 0 Å². The highest BCUT2D eigenvalue weighted by Gasteiger charge is 2.65. The molecule has 2 bridgehead atoms. The van der Waals surface area contributed by atoms with Gasteiger partial charge in [0.1, 0.15) is 17.3 Å². The molecule has 1 amide bonds. The lowest BCUT2D eigenvalue weighted by Gasteiger charge is -2.37. The Bertz CT molecular complexity index is 1280. The molecule has 1 saturated carbocycles.